The number of halogens is 4. The molecule has 4 aromatic rings. The predicted molar refractivity (Wildman–Crippen MR) is 136 cm³/mol. The van der Waals surface area contributed by atoms with E-state index in [-0.39, 0.29) is 49.6 Å². The van der Waals surface area contributed by atoms with Crippen molar-refractivity contribution in [2.45, 2.75) is 0 Å². The van der Waals surface area contributed by atoms with E-state index in [9.17, 15) is 0 Å². The van der Waals surface area contributed by atoms with Crippen LogP contribution in [0.4, 0.5) is 0 Å². The first-order chi connectivity index (χ1) is 15.8. The molecule has 0 aliphatic rings. The number of rotatable bonds is 6. The maximum absolute atomic E-state index is 4.68. The molecular weight excluding hydrogens is 657 g/mol. The Labute approximate surface area is 258 Å². The Balaban J connectivity index is 0. The Kier molecular flexibility index (Phi) is 23.3. The molecule has 0 atom stereocenters. The molecule has 0 spiro atoms. The van der Waals surface area contributed by atoms with Crippen LogP contribution in [0.25, 0.3) is 0 Å². The third kappa shape index (κ3) is 12.3. The van der Waals surface area contributed by atoms with E-state index in [0.29, 0.717) is 0 Å². The van der Waals surface area contributed by atoms with Crippen molar-refractivity contribution in [3.05, 3.63) is 143 Å². The molecule has 0 saturated carbocycles. The second kappa shape index (κ2) is 22.4. The molecule has 0 fully saturated rings. The normalized spacial score (nSPS) is 9.89. The van der Waals surface area contributed by atoms with Gasteiger partial charge in [-0.05, 0) is 0 Å². The topological polar surface area (TPSA) is 0 Å². The van der Waals surface area contributed by atoms with Crippen molar-refractivity contribution in [2.75, 3.05) is 0 Å². The fourth-order valence-electron chi connectivity index (χ4n) is 3.09. The zero-order valence-corrected chi connectivity index (χ0v) is 25.7. The van der Waals surface area contributed by atoms with Gasteiger partial charge >= 0.3 is 211 Å². The van der Waals surface area contributed by atoms with Crippen LogP contribution in [-0.4, -0.2) is 0 Å². The fraction of sp³-hybridized carbons (Fsp3) is 0. The molecule has 0 amide bonds. The van der Waals surface area contributed by atoms with E-state index in [1.54, 1.807) is 10.1 Å². The van der Waals surface area contributed by atoms with Gasteiger partial charge in [0.15, 0.2) is 0 Å². The van der Waals surface area contributed by atoms with Crippen LogP contribution in [0.5, 0.6) is 0 Å². The van der Waals surface area contributed by atoms with Crippen LogP contribution >= 0.6 is 15.8 Å². The van der Waals surface area contributed by atoms with Crippen LogP contribution in [0.15, 0.2) is 143 Å². The van der Waals surface area contributed by atoms with Crippen LogP contribution < -0.4 is 70.8 Å². The molecule has 0 unspecified atom stereocenters. The molecule has 36 heavy (non-hydrogen) atoms. The molecule has 0 aliphatic heterocycles. The first-order valence-corrected chi connectivity index (χ1v) is 14.0. The molecule has 0 N–H and O–H groups in total. The van der Waals surface area contributed by atoms with Crippen LogP contribution in [-0.2, 0) is 30.9 Å². The van der Waals surface area contributed by atoms with Crippen molar-refractivity contribution in [3.8, 4) is 0 Å². The number of hydrogen-bond acceptors (Lipinski definition) is 0. The quantitative estimate of drug-likeness (QED) is 0.141. The van der Waals surface area contributed by atoms with Gasteiger partial charge in [0, 0.05) is 0 Å². The SMILES string of the molecule is [Cl-].[Cl-].[Cl-].[Cl-].[Ni+2][CH]=CP(c1ccccc1)c1ccccc1.[Ni+2][CH]=CP(c1ccccc1)c1ccccc1. The van der Waals surface area contributed by atoms with E-state index in [2.05, 4.69) is 140 Å². The Bertz CT molecular complexity index is 931. The van der Waals surface area contributed by atoms with Gasteiger partial charge in [0.05, 0.1) is 0 Å². The summed E-state index contributed by atoms with van der Waals surface area (Å²) in [7, 11) is -0.851. The van der Waals surface area contributed by atoms with Crippen molar-refractivity contribution >= 4 is 37.1 Å². The summed E-state index contributed by atoms with van der Waals surface area (Å²) in [6.07, 6.45) is 0. The summed E-state index contributed by atoms with van der Waals surface area (Å²) in [5, 5.41) is 8.92. The van der Waals surface area contributed by atoms with Gasteiger partial charge in [-0.25, -0.2) is 0 Å². The van der Waals surface area contributed by atoms with Gasteiger partial charge in [0.2, 0.25) is 0 Å². The van der Waals surface area contributed by atoms with Crippen molar-refractivity contribution in [1.29, 1.82) is 0 Å². The minimum absolute atomic E-state index is 0. The molecule has 0 bridgehead atoms. The van der Waals surface area contributed by atoms with Crippen LogP contribution in [0.2, 0.25) is 0 Å². The van der Waals surface area contributed by atoms with E-state index < -0.39 is 15.8 Å². The van der Waals surface area contributed by atoms with E-state index in [4.69, 9.17) is 0 Å². The van der Waals surface area contributed by atoms with Gasteiger partial charge in [0.1, 0.15) is 0 Å². The number of benzene rings is 4. The van der Waals surface area contributed by atoms with Crippen LogP contribution in [0.3, 0.4) is 0 Å². The number of hydrogen-bond donors (Lipinski definition) is 0. The molecule has 0 heterocycles. The van der Waals surface area contributed by atoms with Gasteiger partial charge < -0.3 is 49.6 Å². The summed E-state index contributed by atoms with van der Waals surface area (Å²) in [6, 6.07) is 42.1. The van der Waals surface area contributed by atoms with E-state index >= 15 is 0 Å². The molecule has 194 valence electrons. The summed E-state index contributed by atoms with van der Waals surface area (Å²) in [5.41, 5.74) is 0. The third-order valence-electron chi connectivity index (χ3n) is 4.53. The van der Waals surface area contributed by atoms with Crippen molar-refractivity contribution in [1.82, 2.24) is 0 Å². The molecule has 0 aromatic heterocycles. The first kappa shape index (κ1) is 37.5. The van der Waals surface area contributed by atoms with Crippen LogP contribution in [0, 0.1) is 0 Å². The molecule has 8 heteroatoms. The van der Waals surface area contributed by atoms with Gasteiger partial charge in [-0.3, -0.25) is 0 Å². The van der Waals surface area contributed by atoms with Gasteiger partial charge in [-0.1, -0.05) is 0 Å². The zero-order valence-electron chi connectivity index (χ0n) is 18.9. The molecule has 4 rings (SSSR count). The summed E-state index contributed by atoms with van der Waals surface area (Å²) < 4.78 is 0. The zero-order chi connectivity index (χ0) is 22.4. The predicted octanol–water partition coefficient (Wildman–Crippen LogP) is -5.71. The Morgan fingerprint density at radius 2 is 0.556 bits per heavy atom. The van der Waals surface area contributed by atoms with Gasteiger partial charge in [-0.2, -0.15) is 0 Å². The second-order valence-electron chi connectivity index (χ2n) is 6.59. The second-order valence-corrected chi connectivity index (χ2v) is 11.4. The van der Waals surface area contributed by atoms with Gasteiger partial charge in [0.25, 0.3) is 0 Å². The van der Waals surface area contributed by atoms with E-state index in [1.165, 1.54) is 21.2 Å². The Hall–Kier alpha value is -0.633. The molecule has 4 aromatic carbocycles. The maximum atomic E-state index is 4.68. The first-order valence-electron chi connectivity index (χ1n) is 10.1. The molecule has 0 saturated heterocycles. The van der Waals surface area contributed by atoms with Gasteiger partial charge in [-0.15, -0.1) is 0 Å². The Morgan fingerprint density at radius 3 is 0.722 bits per heavy atom. The monoisotopic (exact) mass is 678 g/mol. The molecule has 0 nitrogen and oxygen atoms in total. The summed E-state index contributed by atoms with van der Waals surface area (Å²) in [6.45, 7) is 0. The van der Waals surface area contributed by atoms with Crippen molar-refractivity contribution in [3.63, 3.8) is 0 Å². The average molecular weight is 682 g/mol. The summed E-state index contributed by atoms with van der Waals surface area (Å²) >= 11 is 9.35. The fourth-order valence-corrected chi connectivity index (χ4v) is 7.42. The molecule has 0 aliphatic carbocycles. The van der Waals surface area contributed by atoms with E-state index in [0.717, 1.165) is 0 Å². The molecular formula is C28H24Cl4Ni2P2. The average Bonchev–Trinajstić information content (AvgIpc) is 2.88. The van der Waals surface area contributed by atoms with Crippen molar-refractivity contribution in [2.24, 2.45) is 0 Å². The Morgan fingerprint density at radius 1 is 0.361 bits per heavy atom. The summed E-state index contributed by atoms with van der Waals surface area (Å²) in [5.74, 6) is 4.28. The van der Waals surface area contributed by atoms with Crippen molar-refractivity contribution < 1.29 is 80.6 Å². The summed E-state index contributed by atoms with van der Waals surface area (Å²) in [4.78, 5) is 0. The molecule has 0 radical (unpaired) electrons. The minimum atomic E-state index is -0.425. The standard InChI is InChI=1S/2C14H12P.4ClH.2Ni/c2*1-2-15(13-9-5-3-6-10-13)14-11-7-4-8-12-14;;;;;;/h2*1-12H;4*1H;;/q;;;;;;2*+2/p-4. The van der Waals surface area contributed by atoms with Crippen LogP contribution in [0.1, 0.15) is 0 Å². The van der Waals surface area contributed by atoms with E-state index in [1.807, 2.05) is 24.3 Å². The third-order valence-corrected chi connectivity index (χ3v) is 9.62.